The van der Waals surface area contributed by atoms with Gasteiger partial charge in [0.05, 0.1) is 18.8 Å². The van der Waals surface area contributed by atoms with Crippen LogP contribution in [0, 0.1) is 0 Å². The average Bonchev–Trinajstić information content (AvgIpc) is 2.44. The lowest BCUT2D eigenvalue weighted by molar-refractivity contribution is -0.114. The summed E-state index contributed by atoms with van der Waals surface area (Å²) >= 11 is 0. The van der Waals surface area contributed by atoms with Crippen LogP contribution in [0.2, 0.25) is 0 Å². The number of nitrogens with zero attached hydrogens (tertiary/aromatic N) is 1. The summed E-state index contributed by atoms with van der Waals surface area (Å²) in [7, 11) is 0. The zero-order valence-electron chi connectivity index (χ0n) is 12.1. The molecule has 6 nitrogen and oxygen atoms in total. The van der Waals surface area contributed by atoms with Crippen LogP contribution in [0.5, 0.6) is 0 Å². The summed E-state index contributed by atoms with van der Waals surface area (Å²) in [4.78, 5) is 12.9. The third-order valence-corrected chi connectivity index (χ3v) is 3.77. The first-order valence-electron chi connectivity index (χ1n) is 7.07. The minimum Gasteiger partial charge on any atom is -0.395 e. The maximum atomic E-state index is 11.0. The van der Waals surface area contributed by atoms with Crippen molar-refractivity contribution in [2.24, 2.45) is 0 Å². The van der Waals surface area contributed by atoms with E-state index in [0.29, 0.717) is 19.5 Å². The summed E-state index contributed by atoms with van der Waals surface area (Å²) in [6.07, 6.45) is -1.20. The molecule has 116 valence electrons. The molecule has 6 heteroatoms. The Labute approximate surface area is 124 Å². The maximum Gasteiger partial charge on any atom is 0.221 e. The molecule has 0 spiro atoms. The Bertz CT molecular complexity index is 477. The van der Waals surface area contributed by atoms with Gasteiger partial charge in [0.2, 0.25) is 5.91 Å². The van der Waals surface area contributed by atoms with Gasteiger partial charge >= 0.3 is 0 Å². The fraction of sp³-hybridized carbons (Fsp3) is 0.533. The van der Waals surface area contributed by atoms with Crippen LogP contribution in [0.25, 0.3) is 0 Å². The highest BCUT2D eigenvalue weighted by Gasteiger charge is 2.32. The lowest BCUT2D eigenvalue weighted by Crippen LogP contribution is -2.53. The van der Waals surface area contributed by atoms with Gasteiger partial charge in [-0.1, -0.05) is 12.1 Å². The van der Waals surface area contributed by atoms with Gasteiger partial charge in [0.15, 0.2) is 0 Å². The molecule has 1 aliphatic heterocycles. The van der Waals surface area contributed by atoms with E-state index < -0.39 is 12.2 Å². The number of carbonyl (C=O) groups is 1. The molecule has 1 amide bonds. The Balaban J connectivity index is 2.01. The molecule has 21 heavy (non-hydrogen) atoms. The van der Waals surface area contributed by atoms with E-state index >= 15 is 0 Å². The van der Waals surface area contributed by atoms with Gasteiger partial charge in [0.1, 0.15) is 0 Å². The van der Waals surface area contributed by atoms with Crippen molar-refractivity contribution in [2.75, 3.05) is 18.5 Å². The van der Waals surface area contributed by atoms with E-state index in [4.69, 9.17) is 0 Å². The van der Waals surface area contributed by atoms with Gasteiger partial charge in [-0.15, -0.1) is 0 Å². The number of hydrogen-bond donors (Lipinski definition) is 4. The number of piperidine rings is 1. The van der Waals surface area contributed by atoms with Gasteiger partial charge in [0, 0.05) is 31.7 Å². The summed E-state index contributed by atoms with van der Waals surface area (Å²) in [5, 5.41) is 31.5. The van der Waals surface area contributed by atoms with E-state index in [2.05, 4.69) is 5.32 Å². The third-order valence-electron chi connectivity index (χ3n) is 3.77. The molecule has 1 aromatic carbocycles. The molecule has 3 atom stereocenters. The van der Waals surface area contributed by atoms with Crippen molar-refractivity contribution < 1.29 is 20.1 Å². The van der Waals surface area contributed by atoms with Crippen LogP contribution in [0.15, 0.2) is 24.3 Å². The van der Waals surface area contributed by atoms with Crippen molar-refractivity contribution >= 4 is 11.6 Å². The van der Waals surface area contributed by atoms with Gasteiger partial charge in [-0.25, -0.2) is 0 Å². The molecule has 0 aromatic heterocycles. The predicted molar refractivity (Wildman–Crippen MR) is 78.7 cm³/mol. The molecule has 0 radical (unpaired) electrons. The molecule has 4 N–H and O–H groups in total. The molecule has 0 bridgehead atoms. The lowest BCUT2D eigenvalue weighted by Gasteiger charge is -2.39. The quantitative estimate of drug-likeness (QED) is 0.624. The van der Waals surface area contributed by atoms with Gasteiger partial charge in [0.25, 0.3) is 0 Å². The Hall–Kier alpha value is -1.47. The van der Waals surface area contributed by atoms with Crippen molar-refractivity contribution in [3.8, 4) is 0 Å². The Morgan fingerprint density at radius 3 is 2.52 bits per heavy atom. The number of benzene rings is 1. The van der Waals surface area contributed by atoms with Crippen LogP contribution >= 0.6 is 0 Å². The summed E-state index contributed by atoms with van der Waals surface area (Å²) in [6, 6.07) is 7.28. The number of amides is 1. The van der Waals surface area contributed by atoms with E-state index in [9.17, 15) is 20.1 Å². The number of anilines is 1. The highest BCUT2D eigenvalue weighted by Crippen LogP contribution is 2.21. The number of hydrogen-bond acceptors (Lipinski definition) is 5. The number of carbonyl (C=O) groups excluding carboxylic acids is 1. The number of nitrogens with one attached hydrogen (secondary N) is 1. The van der Waals surface area contributed by atoms with Crippen molar-refractivity contribution in [3.05, 3.63) is 29.8 Å². The summed E-state index contributed by atoms with van der Waals surface area (Å²) in [6.45, 7) is 2.32. The first kappa shape index (κ1) is 15.9. The second kappa shape index (κ2) is 7.00. The molecule has 1 aromatic rings. The molecule has 2 rings (SSSR count). The summed E-state index contributed by atoms with van der Waals surface area (Å²) < 4.78 is 0. The number of likely N-dealkylation sites (tertiary alicyclic amines) is 1. The van der Waals surface area contributed by atoms with Crippen LogP contribution < -0.4 is 5.32 Å². The highest BCUT2D eigenvalue weighted by molar-refractivity contribution is 5.88. The second-order valence-electron chi connectivity index (χ2n) is 5.51. The first-order chi connectivity index (χ1) is 9.99. The van der Waals surface area contributed by atoms with Crippen LogP contribution in [0.3, 0.4) is 0 Å². The normalized spacial score (nSPS) is 26.6. The molecule has 1 fully saturated rings. The standard InChI is InChI=1S/C15H22N2O4/c1-10(19)16-12-4-2-11(3-5-12)7-17-8-15(21)14(20)6-13(17)9-18/h2-5,13-15,18,20-21H,6-9H2,1H3,(H,16,19)/t13-,14?,15+/m1/s1. The molecule has 1 heterocycles. The lowest BCUT2D eigenvalue weighted by atomic mass is 9.97. The number of β-amino-alcohol motifs (C(OH)–C–C–N with tert-alkyl or cyclic N) is 1. The minimum atomic E-state index is -0.786. The SMILES string of the molecule is CC(=O)Nc1ccc(CN2C[C@H](O)C(O)C[C@@H]2CO)cc1. The van der Waals surface area contributed by atoms with E-state index in [1.807, 2.05) is 29.2 Å². The maximum absolute atomic E-state index is 11.0. The smallest absolute Gasteiger partial charge is 0.221 e. The van der Waals surface area contributed by atoms with Crippen LogP contribution in [0.1, 0.15) is 18.9 Å². The average molecular weight is 294 g/mol. The molecular formula is C15H22N2O4. The van der Waals surface area contributed by atoms with Gasteiger partial charge in [-0.2, -0.15) is 0 Å². The largest absolute Gasteiger partial charge is 0.395 e. The van der Waals surface area contributed by atoms with E-state index in [0.717, 1.165) is 11.3 Å². The zero-order valence-corrected chi connectivity index (χ0v) is 12.1. The van der Waals surface area contributed by atoms with E-state index in [-0.39, 0.29) is 18.6 Å². The van der Waals surface area contributed by atoms with Crippen LogP contribution in [-0.4, -0.2) is 57.5 Å². The second-order valence-corrected chi connectivity index (χ2v) is 5.51. The van der Waals surface area contributed by atoms with Crippen LogP contribution in [0.4, 0.5) is 5.69 Å². The first-order valence-corrected chi connectivity index (χ1v) is 7.07. The number of aliphatic hydroxyl groups is 3. The topological polar surface area (TPSA) is 93.0 Å². The minimum absolute atomic E-state index is 0.0479. The van der Waals surface area contributed by atoms with Gasteiger partial charge in [-0.3, -0.25) is 9.69 Å². The molecule has 1 aliphatic rings. The molecule has 0 aliphatic carbocycles. The highest BCUT2D eigenvalue weighted by atomic mass is 16.3. The molecule has 1 saturated heterocycles. The fourth-order valence-electron chi connectivity index (χ4n) is 2.61. The van der Waals surface area contributed by atoms with Crippen molar-refractivity contribution in [2.45, 2.75) is 38.1 Å². The fourth-order valence-corrected chi connectivity index (χ4v) is 2.61. The monoisotopic (exact) mass is 294 g/mol. The Morgan fingerprint density at radius 1 is 1.29 bits per heavy atom. The third kappa shape index (κ3) is 4.25. The van der Waals surface area contributed by atoms with Crippen molar-refractivity contribution in [1.29, 1.82) is 0 Å². The zero-order chi connectivity index (χ0) is 15.4. The Morgan fingerprint density at radius 2 is 1.95 bits per heavy atom. The summed E-state index contributed by atoms with van der Waals surface area (Å²) in [5.74, 6) is -0.115. The van der Waals surface area contributed by atoms with Crippen LogP contribution in [-0.2, 0) is 11.3 Å². The van der Waals surface area contributed by atoms with E-state index in [1.165, 1.54) is 6.92 Å². The van der Waals surface area contributed by atoms with Crippen molar-refractivity contribution in [1.82, 2.24) is 4.90 Å². The van der Waals surface area contributed by atoms with Gasteiger partial charge < -0.3 is 20.6 Å². The predicted octanol–water partition coefficient (Wildman–Crippen LogP) is -0.0666. The molecular weight excluding hydrogens is 272 g/mol. The van der Waals surface area contributed by atoms with E-state index in [1.54, 1.807) is 0 Å². The molecule has 0 saturated carbocycles. The summed E-state index contributed by atoms with van der Waals surface area (Å²) in [5.41, 5.74) is 1.75. The molecule has 1 unspecified atom stereocenters. The Kier molecular flexibility index (Phi) is 5.30. The number of rotatable bonds is 4. The van der Waals surface area contributed by atoms with Crippen molar-refractivity contribution in [3.63, 3.8) is 0 Å². The van der Waals surface area contributed by atoms with Gasteiger partial charge in [-0.05, 0) is 24.1 Å². The number of aliphatic hydroxyl groups excluding tert-OH is 3.